The van der Waals surface area contributed by atoms with E-state index in [9.17, 15) is 4.79 Å². The molecule has 110 valence electrons. The number of nitrogens with two attached hydrogens (primary N) is 1. The first-order valence-electron chi connectivity index (χ1n) is 7.01. The molecule has 0 aliphatic carbocycles. The predicted octanol–water partition coefficient (Wildman–Crippen LogP) is 2.56. The molecule has 0 radical (unpaired) electrons. The zero-order chi connectivity index (χ0) is 14.5. The summed E-state index contributed by atoms with van der Waals surface area (Å²) in [6, 6.07) is 7.63. The number of amides is 1. The number of hydrogen-bond donors (Lipinski definition) is 1. The first kappa shape index (κ1) is 15.3. The summed E-state index contributed by atoms with van der Waals surface area (Å²) < 4.78 is 6.54. The Bertz CT molecular complexity index is 448. The molecule has 20 heavy (non-hydrogen) atoms. The molecule has 1 saturated heterocycles. The lowest BCUT2D eigenvalue weighted by atomic mass is 9.97. The third kappa shape index (κ3) is 3.96. The van der Waals surface area contributed by atoms with Gasteiger partial charge in [0.15, 0.2) is 6.61 Å². The first-order valence-corrected chi connectivity index (χ1v) is 7.80. The van der Waals surface area contributed by atoms with Crippen LogP contribution in [-0.2, 0) is 4.79 Å². The average molecular weight is 341 g/mol. The van der Waals surface area contributed by atoms with Crippen molar-refractivity contribution in [2.75, 3.05) is 13.2 Å². The molecule has 0 saturated carbocycles. The summed E-state index contributed by atoms with van der Waals surface area (Å²) in [6.07, 6.45) is 3.18. The third-order valence-electron chi connectivity index (χ3n) is 3.65. The molecule has 1 fully saturated rings. The van der Waals surface area contributed by atoms with Gasteiger partial charge in [-0.2, -0.15) is 0 Å². The highest BCUT2D eigenvalue weighted by Gasteiger charge is 2.29. The minimum Gasteiger partial charge on any atom is -0.484 e. The molecule has 2 unspecified atom stereocenters. The number of benzene rings is 1. The number of ether oxygens (including phenoxy) is 1. The van der Waals surface area contributed by atoms with Crippen molar-refractivity contribution in [3.8, 4) is 5.75 Å². The highest BCUT2D eigenvalue weighted by atomic mass is 79.9. The van der Waals surface area contributed by atoms with Crippen molar-refractivity contribution < 1.29 is 9.53 Å². The number of piperidine rings is 1. The van der Waals surface area contributed by atoms with Crippen LogP contribution in [-0.4, -0.2) is 36.0 Å². The molecule has 1 aliphatic heterocycles. The highest BCUT2D eigenvalue weighted by molar-refractivity contribution is 9.10. The molecular weight excluding hydrogens is 320 g/mol. The Morgan fingerprint density at radius 2 is 2.15 bits per heavy atom. The molecule has 1 aromatic carbocycles. The Morgan fingerprint density at radius 1 is 1.45 bits per heavy atom. The van der Waals surface area contributed by atoms with Crippen LogP contribution in [0.25, 0.3) is 0 Å². The Kier molecular flexibility index (Phi) is 5.43. The van der Waals surface area contributed by atoms with Crippen molar-refractivity contribution in [1.82, 2.24) is 4.90 Å². The summed E-state index contributed by atoms with van der Waals surface area (Å²) in [5.74, 6) is 0.728. The number of nitrogens with zero attached hydrogens (tertiary/aromatic N) is 1. The Morgan fingerprint density at radius 3 is 2.80 bits per heavy atom. The van der Waals surface area contributed by atoms with Crippen LogP contribution < -0.4 is 10.5 Å². The molecule has 1 aromatic rings. The normalized spacial score (nSPS) is 20.6. The van der Waals surface area contributed by atoms with Gasteiger partial charge in [0.1, 0.15) is 5.75 Å². The highest BCUT2D eigenvalue weighted by Crippen LogP contribution is 2.20. The molecule has 1 amide bonds. The molecule has 2 rings (SSSR count). The van der Waals surface area contributed by atoms with E-state index in [0.29, 0.717) is 5.75 Å². The summed E-state index contributed by atoms with van der Waals surface area (Å²) in [7, 11) is 0. The summed E-state index contributed by atoms with van der Waals surface area (Å²) in [6.45, 7) is 2.82. The lowest BCUT2D eigenvalue weighted by Gasteiger charge is -2.38. The standard InChI is InChI=1S/C15H21BrN2O2/c1-11(17)14-4-2-3-9-18(14)15(19)10-20-13-7-5-12(16)6-8-13/h5-8,11,14H,2-4,9-10,17H2,1H3. The predicted molar refractivity (Wildman–Crippen MR) is 82.6 cm³/mol. The van der Waals surface area contributed by atoms with Gasteiger partial charge in [0.05, 0.1) is 0 Å². The number of carbonyl (C=O) groups excluding carboxylic acids is 1. The van der Waals surface area contributed by atoms with Crippen LogP contribution in [0.1, 0.15) is 26.2 Å². The van der Waals surface area contributed by atoms with Crippen LogP contribution in [0.4, 0.5) is 0 Å². The van der Waals surface area contributed by atoms with Gasteiger partial charge in [0, 0.05) is 23.1 Å². The van der Waals surface area contributed by atoms with E-state index in [-0.39, 0.29) is 24.6 Å². The van der Waals surface area contributed by atoms with Crippen molar-refractivity contribution >= 4 is 21.8 Å². The molecule has 4 nitrogen and oxygen atoms in total. The smallest absolute Gasteiger partial charge is 0.260 e. The van der Waals surface area contributed by atoms with Crippen LogP contribution in [0, 0.1) is 0 Å². The monoisotopic (exact) mass is 340 g/mol. The summed E-state index contributed by atoms with van der Waals surface area (Å²) in [5, 5.41) is 0. The second-order valence-electron chi connectivity index (χ2n) is 5.25. The molecule has 1 aliphatic rings. The fourth-order valence-corrected chi connectivity index (χ4v) is 2.84. The van der Waals surface area contributed by atoms with Crippen molar-refractivity contribution in [3.63, 3.8) is 0 Å². The molecule has 1 heterocycles. The van der Waals surface area contributed by atoms with E-state index in [1.54, 1.807) is 0 Å². The maximum absolute atomic E-state index is 12.3. The molecule has 0 bridgehead atoms. The largest absolute Gasteiger partial charge is 0.484 e. The number of halogens is 1. The van der Waals surface area contributed by atoms with E-state index in [1.807, 2.05) is 36.1 Å². The van der Waals surface area contributed by atoms with Gasteiger partial charge < -0.3 is 15.4 Å². The number of likely N-dealkylation sites (tertiary alicyclic amines) is 1. The second-order valence-corrected chi connectivity index (χ2v) is 6.17. The van der Waals surface area contributed by atoms with E-state index < -0.39 is 0 Å². The van der Waals surface area contributed by atoms with E-state index in [1.165, 1.54) is 0 Å². The Hall–Kier alpha value is -1.07. The van der Waals surface area contributed by atoms with Crippen LogP contribution >= 0.6 is 15.9 Å². The second kappa shape index (κ2) is 7.09. The van der Waals surface area contributed by atoms with Gasteiger partial charge >= 0.3 is 0 Å². The zero-order valence-electron chi connectivity index (χ0n) is 11.7. The number of carbonyl (C=O) groups is 1. The maximum atomic E-state index is 12.3. The van der Waals surface area contributed by atoms with Gasteiger partial charge in [-0.3, -0.25) is 4.79 Å². The van der Waals surface area contributed by atoms with Gasteiger partial charge in [0.2, 0.25) is 0 Å². The van der Waals surface area contributed by atoms with Gasteiger partial charge in [-0.15, -0.1) is 0 Å². The summed E-state index contributed by atoms with van der Waals surface area (Å²) in [4.78, 5) is 14.2. The SMILES string of the molecule is CC(N)C1CCCCN1C(=O)COc1ccc(Br)cc1. The molecule has 0 aromatic heterocycles. The first-order chi connectivity index (χ1) is 9.58. The van der Waals surface area contributed by atoms with Crippen molar-refractivity contribution in [2.45, 2.75) is 38.3 Å². The van der Waals surface area contributed by atoms with Crippen LogP contribution in [0.15, 0.2) is 28.7 Å². The topological polar surface area (TPSA) is 55.6 Å². The fourth-order valence-electron chi connectivity index (χ4n) is 2.57. The molecule has 0 spiro atoms. The molecule has 2 atom stereocenters. The van der Waals surface area contributed by atoms with Crippen LogP contribution in [0.2, 0.25) is 0 Å². The number of rotatable bonds is 4. The zero-order valence-corrected chi connectivity index (χ0v) is 13.3. The minimum absolute atomic E-state index is 0.00642. The Balaban J connectivity index is 1.91. The Labute approximate surface area is 128 Å². The minimum atomic E-state index is 0.00642. The molecular formula is C15H21BrN2O2. The van der Waals surface area contributed by atoms with Gasteiger partial charge in [0.25, 0.3) is 5.91 Å². The summed E-state index contributed by atoms with van der Waals surface area (Å²) >= 11 is 3.37. The lowest BCUT2D eigenvalue weighted by molar-refractivity contribution is -0.137. The lowest BCUT2D eigenvalue weighted by Crippen LogP contribution is -2.52. The van der Waals surface area contributed by atoms with E-state index >= 15 is 0 Å². The maximum Gasteiger partial charge on any atom is 0.260 e. The number of hydrogen-bond acceptors (Lipinski definition) is 3. The van der Waals surface area contributed by atoms with E-state index in [4.69, 9.17) is 10.5 Å². The van der Waals surface area contributed by atoms with Crippen LogP contribution in [0.5, 0.6) is 5.75 Å². The quantitative estimate of drug-likeness (QED) is 0.916. The van der Waals surface area contributed by atoms with E-state index in [2.05, 4.69) is 15.9 Å². The van der Waals surface area contributed by atoms with Crippen molar-refractivity contribution in [2.24, 2.45) is 5.73 Å². The third-order valence-corrected chi connectivity index (χ3v) is 4.18. The van der Waals surface area contributed by atoms with Crippen LogP contribution in [0.3, 0.4) is 0 Å². The van der Waals surface area contributed by atoms with Gasteiger partial charge in [-0.05, 0) is 50.5 Å². The molecule has 2 N–H and O–H groups in total. The van der Waals surface area contributed by atoms with E-state index in [0.717, 1.165) is 30.3 Å². The van der Waals surface area contributed by atoms with Crippen molar-refractivity contribution in [1.29, 1.82) is 0 Å². The van der Waals surface area contributed by atoms with Crippen molar-refractivity contribution in [3.05, 3.63) is 28.7 Å². The summed E-state index contributed by atoms with van der Waals surface area (Å²) in [5.41, 5.74) is 5.98. The van der Waals surface area contributed by atoms with Gasteiger partial charge in [-0.1, -0.05) is 15.9 Å². The molecule has 5 heteroatoms. The average Bonchev–Trinajstić information content (AvgIpc) is 2.46. The fraction of sp³-hybridized carbons (Fsp3) is 0.533. The van der Waals surface area contributed by atoms with Gasteiger partial charge in [-0.25, -0.2) is 0 Å².